The van der Waals surface area contributed by atoms with Crippen molar-refractivity contribution in [3.8, 4) is 22.8 Å². The molecule has 0 spiro atoms. The quantitative estimate of drug-likeness (QED) is 0.130. The molecule has 3 aromatic carbocycles. The van der Waals surface area contributed by atoms with Crippen LogP contribution in [0.5, 0.6) is 11.5 Å². The summed E-state index contributed by atoms with van der Waals surface area (Å²) in [5.41, 5.74) is 0.833. The molecule has 0 bridgehead atoms. The van der Waals surface area contributed by atoms with Gasteiger partial charge in [-0.05, 0) is 95.4 Å². The molecule has 14 nitrogen and oxygen atoms in total. The van der Waals surface area contributed by atoms with Crippen LogP contribution in [-0.4, -0.2) is 89.8 Å². The number of aromatic nitrogens is 1. The molecule has 2 saturated carbocycles. The van der Waals surface area contributed by atoms with Crippen molar-refractivity contribution in [2.75, 3.05) is 13.7 Å². The molecule has 3 aliphatic rings. The molecular formula is C48H59N5O9S. The van der Waals surface area contributed by atoms with Gasteiger partial charge in [0.15, 0.2) is 0 Å². The first-order chi connectivity index (χ1) is 29.6. The number of ether oxygens (including phenoxy) is 3. The molecule has 3 fully saturated rings. The molecule has 1 aliphatic heterocycles. The van der Waals surface area contributed by atoms with E-state index in [9.17, 15) is 27.6 Å². The van der Waals surface area contributed by atoms with Crippen molar-refractivity contribution in [1.82, 2.24) is 25.2 Å². The van der Waals surface area contributed by atoms with Crippen LogP contribution in [0.15, 0.2) is 78.9 Å². The number of rotatable bonds is 13. The highest BCUT2D eigenvalue weighted by atomic mass is 32.2. The van der Waals surface area contributed by atoms with Gasteiger partial charge in [0.1, 0.15) is 40.8 Å². The zero-order valence-electron chi connectivity index (χ0n) is 37.4. The number of hydrogen-bond acceptors (Lipinski definition) is 10. The second kappa shape index (κ2) is 17.1. The smallest absolute Gasteiger partial charge is 0.408 e. The van der Waals surface area contributed by atoms with Gasteiger partial charge in [0.25, 0.3) is 5.91 Å². The van der Waals surface area contributed by atoms with Gasteiger partial charge in [0.05, 0.1) is 29.6 Å². The molecule has 4 amide bonds. The van der Waals surface area contributed by atoms with Crippen LogP contribution in [0, 0.1) is 12.3 Å². The van der Waals surface area contributed by atoms with E-state index >= 15 is 0 Å². The summed E-state index contributed by atoms with van der Waals surface area (Å²) in [7, 11) is -2.55. The Labute approximate surface area is 369 Å². The number of carbonyl (C=O) groups excluding carboxylic acids is 4. The fourth-order valence-electron chi connectivity index (χ4n) is 8.38. The van der Waals surface area contributed by atoms with E-state index in [1.54, 1.807) is 54.7 Å². The number of alkyl carbamates (subject to hydrolysis) is 1. The van der Waals surface area contributed by atoms with Crippen LogP contribution >= 0.6 is 0 Å². The standard InChI is InChI=1S/C48H59N5O9S/c1-30-14-12-17-32(24-30)36-27-39(35-19-18-33(60-8)25-37(35)49-36)61-34-26-38(53(29-34)42(55)40(45(2,3)4)50-44(57)62-46(5,6)7)41(54)51-48(20-13-21-48)43(56)52-63(58,59)47(22-23-47)28-31-15-10-9-11-16-31/h9-12,14-19,24-25,27,34,38,40H,13,20-23,26,28-29H2,1-8H3,(H,50,57)(H,51,54)(H,52,56)/t34-,38+,40-/m1/s1. The van der Waals surface area contributed by atoms with E-state index < -0.39 is 73.3 Å². The Kier molecular flexibility index (Phi) is 12.3. The van der Waals surface area contributed by atoms with E-state index in [1.165, 1.54) is 4.90 Å². The third-order valence-electron chi connectivity index (χ3n) is 12.2. The fraction of sp³-hybridized carbons (Fsp3) is 0.479. The number of fused-ring (bicyclic) bond motifs is 1. The molecule has 3 N–H and O–H groups in total. The lowest BCUT2D eigenvalue weighted by molar-refractivity contribution is -0.144. The zero-order chi connectivity index (χ0) is 45.5. The molecule has 0 unspecified atom stereocenters. The average molecular weight is 882 g/mol. The predicted octanol–water partition coefficient (Wildman–Crippen LogP) is 6.77. The van der Waals surface area contributed by atoms with Gasteiger partial charge in [-0.1, -0.05) is 74.9 Å². The van der Waals surface area contributed by atoms with Crippen molar-refractivity contribution >= 4 is 44.7 Å². The number of methoxy groups -OCH3 is 1. The second-order valence-corrected chi connectivity index (χ2v) is 21.5. The summed E-state index contributed by atoms with van der Waals surface area (Å²) in [5, 5.41) is 6.35. The molecule has 2 aliphatic carbocycles. The van der Waals surface area contributed by atoms with Crippen molar-refractivity contribution in [3.63, 3.8) is 0 Å². The Morgan fingerprint density at radius 2 is 1.62 bits per heavy atom. The zero-order valence-corrected chi connectivity index (χ0v) is 38.2. The summed E-state index contributed by atoms with van der Waals surface area (Å²) >= 11 is 0. The van der Waals surface area contributed by atoms with Crippen molar-refractivity contribution in [3.05, 3.63) is 90.0 Å². The van der Waals surface area contributed by atoms with E-state index in [0.29, 0.717) is 47.4 Å². The SMILES string of the molecule is COc1ccc2c(O[C@@H]3C[C@@H](C(=O)NC4(C(=O)NS(=O)(=O)C5(Cc6ccccc6)CC5)CCC4)N(C(=O)[C@@H](NC(=O)OC(C)(C)C)C(C)(C)C)C3)cc(-c3cccc(C)c3)nc2c1. The van der Waals surface area contributed by atoms with Crippen LogP contribution in [0.25, 0.3) is 22.2 Å². The van der Waals surface area contributed by atoms with Crippen LogP contribution in [-0.2, 0) is 35.6 Å². The maximum Gasteiger partial charge on any atom is 0.408 e. The van der Waals surface area contributed by atoms with E-state index in [0.717, 1.165) is 16.7 Å². The van der Waals surface area contributed by atoms with E-state index in [2.05, 4.69) is 15.4 Å². The van der Waals surface area contributed by atoms with Crippen molar-refractivity contribution < 1.29 is 41.8 Å². The molecule has 0 radical (unpaired) electrons. The van der Waals surface area contributed by atoms with Gasteiger partial charge >= 0.3 is 6.09 Å². The first kappa shape index (κ1) is 45.3. The first-order valence-electron chi connectivity index (χ1n) is 21.6. The highest BCUT2D eigenvalue weighted by Gasteiger charge is 2.58. The van der Waals surface area contributed by atoms with E-state index in [1.807, 2.05) is 79.7 Å². The topological polar surface area (TPSA) is 182 Å². The number of nitrogens with zero attached hydrogens (tertiary/aromatic N) is 2. The third-order valence-corrected chi connectivity index (χ3v) is 14.3. The lowest BCUT2D eigenvalue weighted by Crippen LogP contribution is -2.67. The highest BCUT2D eigenvalue weighted by Crippen LogP contribution is 2.46. The maximum absolute atomic E-state index is 14.8. The first-order valence-corrected chi connectivity index (χ1v) is 23.0. The Bertz CT molecular complexity index is 2510. The number of carbonyl (C=O) groups is 4. The summed E-state index contributed by atoms with van der Waals surface area (Å²) in [6.45, 7) is 12.5. The van der Waals surface area contributed by atoms with Gasteiger partial charge in [-0.3, -0.25) is 19.1 Å². The molecule has 63 heavy (non-hydrogen) atoms. The van der Waals surface area contributed by atoms with Crippen molar-refractivity contribution in [2.24, 2.45) is 5.41 Å². The maximum atomic E-state index is 14.8. The number of aryl methyl sites for hydroxylation is 1. The predicted molar refractivity (Wildman–Crippen MR) is 240 cm³/mol. The third kappa shape index (κ3) is 9.93. The summed E-state index contributed by atoms with van der Waals surface area (Å²) in [4.78, 5) is 63.1. The minimum atomic E-state index is -4.13. The average Bonchev–Trinajstić information content (AvgIpc) is 3.87. The molecule has 1 saturated heterocycles. The molecule has 4 aromatic rings. The molecule has 1 aromatic heterocycles. The molecule has 336 valence electrons. The van der Waals surface area contributed by atoms with Gasteiger partial charge in [-0.2, -0.15) is 0 Å². The minimum Gasteiger partial charge on any atom is -0.497 e. The fourth-order valence-corrected chi connectivity index (χ4v) is 10.0. The van der Waals surface area contributed by atoms with Gasteiger partial charge in [-0.25, -0.2) is 18.2 Å². The summed E-state index contributed by atoms with van der Waals surface area (Å²) < 4.78 is 46.8. The summed E-state index contributed by atoms with van der Waals surface area (Å²) in [6.07, 6.45) is 0.578. The Morgan fingerprint density at radius 3 is 2.22 bits per heavy atom. The normalized spacial score (nSPS) is 19.6. The number of likely N-dealkylation sites (tertiary alicyclic amines) is 1. The number of sulfonamides is 1. The molecule has 2 heterocycles. The Hall–Kier alpha value is -5.70. The van der Waals surface area contributed by atoms with Crippen LogP contribution in [0.1, 0.15) is 91.2 Å². The van der Waals surface area contributed by atoms with Crippen LogP contribution in [0.3, 0.4) is 0 Å². The minimum absolute atomic E-state index is 0.0246. The lowest BCUT2D eigenvalue weighted by Gasteiger charge is -2.42. The monoisotopic (exact) mass is 881 g/mol. The Balaban J connectivity index is 1.19. The summed E-state index contributed by atoms with van der Waals surface area (Å²) in [6, 6.07) is 22.2. The van der Waals surface area contributed by atoms with E-state index in [-0.39, 0.29) is 32.2 Å². The van der Waals surface area contributed by atoms with Gasteiger partial charge < -0.3 is 29.7 Å². The summed E-state index contributed by atoms with van der Waals surface area (Å²) in [5.74, 6) is -0.904. The number of hydrogen-bond donors (Lipinski definition) is 3. The highest BCUT2D eigenvalue weighted by molar-refractivity contribution is 7.91. The Morgan fingerprint density at radius 1 is 0.905 bits per heavy atom. The van der Waals surface area contributed by atoms with Crippen LogP contribution < -0.4 is 24.8 Å². The number of amides is 4. The number of benzene rings is 3. The molecular weight excluding hydrogens is 823 g/mol. The lowest BCUT2D eigenvalue weighted by atomic mass is 9.76. The number of pyridine rings is 1. The van der Waals surface area contributed by atoms with Gasteiger partial charge in [0.2, 0.25) is 21.8 Å². The van der Waals surface area contributed by atoms with Gasteiger partial charge in [-0.15, -0.1) is 0 Å². The van der Waals surface area contributed by atoms with Crippen LogP contribution in [0.2, 0.25) is 0 Å². The van der Waals surface area contributed by atoms with E-state index in [4.69, 9.17) is 19.2 Å². The van der Waals surface area contributed by atoms with Crippen molar-refractivity contribution in [1.29, 1.82) is 0 Å². The molecule has 7 rings (SSSR count). The molecule has 3 atom stereocenters. The largest absolute Gasteiger partial charge is 0.497 e. The van der Waals surface area contributed by atoms with Gasteiger partial charge in [0, 0.05) is 29.5 Å². The number of nitrogens with one attached hydrogen (secondary N) is 3. The van der Waals surface area contributed by atoms with Crippen LogP contribution in [0.4, 0.5) is 4.79 Å². The molecule has 15 heteroatoms. The van der Waals surface area contributed by atoms with Crippen molar-refractivity contribution in [2.45, 2.75) is 127 Å². The second-order valence-electron chi connectivity index (χ2n) is 19.4.